The molecule has 2 aliphatic heterocycles. The summed E-state index contributed by atoms with van der Waals surface area (Å²) in [5.41, 5.74) is 8.70. The largest absolute Gasteiger partial charge is 0.507 e. The van der Waals surface area contributed by atoms with Gasteiger partial charge in [-0.3, -0.25) is 9.59 Å². The zero-order chi connectivity index (χ0) is 44.2. The summed E-state index contributed by atoms with van der Waals surface area (Å²) in [6.45, 7) is 9.40. The molecule has 2 amide bonds. The molecule has 3 N–H and O–H groups in total. The summed E-state index contributed by atoms with van der Waals surface area (Å²) in [5.74, 6) is 0.476. The molecule has 5 atom stereocenters. The molecule has 14 nitrogen and oxygen atoms in total. The molecule has 16 heteroatoms. The van der Waals surface area contributed by atoms with Crippen LogP contribution in [-0.2, 0) is 9.59 Å². The molecule has 3 aliphatic rings. The highest BCUT2D eigenvalue weighted by molar-refractivity contribution is 7.19. The number of amides is 2. The van der Waals surface area contributed by atoms with Crippen molar-refractivity contribution in [1.82, 2.24) is 40.5 Å². The van der Waals surface area contributed by atoms with Gasteiger partial charge < -0.3 is 29.9 Å². The fraction of sp³-hybridized carbons (Fsp3) is 0.375. The van der Waals surface area contributed by atoms with Gasteiger partial charge in [-0.2, -0.15) is 0 Å². The van der Waals surface area contributed by atoms with Crippen molar-refractivity contribution in [2.75, 3.05) is 24.5 Å². The van der Waals surface area contributed by atoms with Crippen molar-refractivity contribution in [3.05, 3.63) is 106 Å². The maximum atomic E-state index is 14.3. The number of para-hydroxylation sites is 1. The molecule has 10 rings (SSSR count). The number of hydrogen-bond acceptors (Lipinski definition) is 14. The number of benzene rings is 2. The van der Waals surface area contributed by atoms with Crippen molar-refractivity contribution < 1.29 is 24.3 Å². The molecule has 2 aromatic carbocycles. The lowest BCUT2D eigenvalue weighted by Gasteiger charge is -2.29. The Morgan fingerprint density at radius 2 is 1.69 bits per heavy atom. The molecular weight excluding hydrogens is 847 g/mol. The maximum absolute atomic E-state index is 14.3. The number of carbonyl (C=O) groups is 2. The molecule has 0 spiro atoms. The van der Waals surface area contributed by atoms with E-state index in [2.05, 4.69) is 36.6 Å². The summed E-state index contributed by atoms with van der Waals surface area (Å²) in [6, 6.07) is 18.0. The third kappa shape index (κ3) is 8.02. The second-order valence-corrected chi connectivity index (χ2v) is 19.6. The molecule has 0 radical (unpaired) electrons. The number of thiophene rings is 1. The molecule has 7 heterocycles. The van der Waals surface area contributed by atoms with E-state index in [1.807, 2.05) is 69.6 Å². The number of aliphatic hydroxyl groups is 1. The summed E-state index contributed by atoms with van der Waals surface area (Å²) >= 11 is 3.32. The Bertz CT molecular complexity index is 2840. The number of phenols is 1. The number of aromatic nitrogens is 6. The Hall–Kier alpha value is -6.10. The molecule has 0 unspecified atom stereocenters. The average Bonchev–Trinajstić information content (AvgIpc) is 3.81. The maximum Gasteiger partial charge on any atom is 0.243 e. The van der Waals surface area contributed by atoms with Crippen LogP contribution in [0.5, 0.6) is 5.75 Å². The Kier molecular flexibility index (Phi) is 11.2. The highest BCUT2D eigenvalue weighted by Crippen LogP contribution is 2.51. The van der Waals surface area contributed by atoms with Gasteiger partial charge in [-0.05, 0) is 79.8 Å². The number of nitrogens with zero attached hydrogens (tertiary/aromatic N) is 8. The standard InChI is InChI=1S/C48H49N9O5S2/c1-25(2)41(47(61)57-23-33(58)17-38(57)45(60)52-26(3)28-9-13-30(14-10-28)43-27(4)51-24-63-43)40-19-36(55-62-40)32-20-49-48(50-21-32)56-16-15-31(22-56)44-42(29-11-12-29)35-18-37(53-54-46(35)64-44)34-7-5-6-8-39(34)59/h5-10,13-14,18-21,24-26,29,31,33,38,41,58-59H,11-12,15-17,22-23H2,1-4H3,(H,52,60)/t26-,31+,33+,38-,41+/m0/s1. The first-order valence-electron chi connectivity index (χ1n) is 21.9. The summed E-state index contributed by atoms with van der Waals surface area (Å²) in [5, 5.41) is 38.9. The van der Waals surface area contributed by atoms with Gasteiger partial charge in [-0.1, -0.05) is 55.4 Å². The molecule has 328 valence electrons. The van der Waals surface area contributed by atoms with E-state index in [1.54, 1.807) is 53.3 Å². The van der Waals surface area contributed by atoms with Gasteiger partial charge >= 0.3 is 0 Å². The van der Waals surface area contributed by atoms with Crippen LogP contribution in [0.25, 0.3) is 43.2 Å². The van der Waals surface area contributed by atoms with Gasteiger partial charge in [0, 0.05) is 71.8 Å². The first kappa shape index (κ1) is 41.9. The second-order valence-electron chi connectivity index (χ2n) is 17.7. The van der Waals surface area contributed by atoms with Crippen LogP contribution < -0.4 is 10.2 Å². The van der Waals surface area contributed by atoms with Crippen LogP contribution in [0, 0.1) is 12.8 Å². The topological polar surface area (TPSA) is 184 Å². The lowest BCUT2D eigenvalue weighted by atomic mass is 9.91. The molecular formula is C48H49N9O5S2. The molecule has 64 heavy (non-hydrogen) atoms. The minimum Gasteiger partial charge on any atom is -0.507 e. The molecule has 5 aromatic heterocycles. The van der Waals surface area contributed by atoms with Crippen molar-refractivity contribution in [2.24, 2.45) is 5.92 Å². The number of rotatable bonds is 12. The quantitative estimate of drug-likeness (QED) is 0.107. The van der Waals surface area contributed by atoms with Crippen LogP contribution in [0.2, 0.25) is 0 Å². The first-order chi connectivity index (χ1) is 31.0. The van der Waals surface area contributed by atoms with Crippen molar-refractivity contribution in [3.63, 3.8) is 0 Å². The fourth-order valence-corrected chi connectivity index (χ4v) is 11.4. The van der Waals surface area contributed by atoms with Gasteiger partial charge in [0.25, 0.3) is 0 Å². The lowest BCUT2D eigenvalue weighted by Crippen LogP contribution is -2.48. The van der Waals surface area contributed by atoms with E-state index in [4.69, 9.17) is 14.5 Å². The Balaban J connectivity index is 0.807. The summed E-state index contributed by atoms with van der Waals surface area (Å²) in [4.78, 5) is 49.1. The van der Waals surface area contributed by atoms with E-state index < -0.39 is 18.1 Å². The fourth-order valence-electron chi connectivity index (χ4n) is 9.32. The number of aliphatic hydroxyl groups excluding tert-OH is 1. The lowest BCUT2D eigenvalue weighted by molar-refractivity contribution is -0.141. The summed E-state index contributed by atoms with van der Waals surface area (Å²) in [7, 11) is 0. The molecule has 2 saturated heterocycles. The molecule has 1 saturated carbocycles. The van der Waals surface area contributed by atoms with Crippen LogP contribution in [0.15, 0.2) is 83.1 Å². The number of aromatic hydroxyl groups is 1. The summed E-state index contributed by atoms with van der Waals surface area (Å²) < 4.78 is 5.85. The predicted octanol–water partition coefficient (Wildman–Crippen LogP) is 8.39. The van der Waals surface area contributed by atoms with Gasteiger partial charge in [-0.15, -0.1) is 32.9 Å². The van der Waals surface area contributed by atoms with Gasteiger partial charge in [0.15, 0.2) is 0 Å². The predicted molar refractivity (Wildman–Crippen MR) is 246 cm³/mol. The first-order valence-corrected chi connectivity index (χ1v) is 23.6. The number of likely N-dealkylation sites (tertiary alicyclic amines) is 1. The number of carbonyl (C=O) groups excluding carboxylic acids is 2. The minimum absolute atomic E-state index is 0.0462. The third-order valence-corrected chi connectivity index (χ3v) is 15.1. The number of aryl methyl sites for hydroxylation is 1. The number of thiazole rings is 1. The average molecular weight is 896 g/mol. The number of nitrogens with one attached hydrogen (secondary N) is 1. The van der Waals surface area contributed by atoms with Crippen molar-refractivity contribution in [1.29, 1.82) is 0 Å². The Labute approximate surface area is 378 Å². The normalized spacial score (nSPS) is 19.8. The Morgan fingerprint density at radius 1 is 0.906 bits per heavy atom. The highest BCUT2D eigenvalue weighted by atomic mass is 32.1. The van der Waals surface area contributed by atoms with Gasteiger partial charge in [0.1, 0.15) is 34.0 Å². The zero-order valence-corrected chi connectivity index (χ0v) is 37.6. The zero-order valence-electron chi connectivity index (χ0n) is 36.0. The molecule has 0 bridgehead atoms. The van der Waals surface area contributed by atoms with Gasteiger partial charge in [0.05, 0.1) is 33.9 Å². The number of anilines is 1. The van der Waals surface area contributed by atoms with E-state index in [0.29, 0.717) is 46.1 Å². The number of hydrogen-bond donors (Lipinski definition) is 3. The molecule has 7 aromatic rings. The second kappa shape index (κ2) is 17.1. The third-order valence-electron chi connectivity index (χ3n) is 12.9. The van der Waals surface area contributed by atoms with Crippen molar-refractivity contribution in [3.8, 4) is 38.7 Å². The van der Waals surface area contributed by atoms with Crippen LogP contribution in [0.3, 0.4) is 0 Å². The monoisotopic (exact) mass is 895 g/mol. The van der Waals surface area contributed by atoms with E-state index in [1.165, 1.54) is 15.3 Å². The number of fused-ring (bicyclic) bond motifs is 1. The van der Waals surface area contributed by atoms with Crippen LogP contribution in [0.1, 0.15) is 97.7 Å². The van der Waals surface area contributed by atoms with Crippen LogP contribution >= 0.6 is 22.7 Å². The van der Waals surface area contributed by atoms with E-state index in [0.717, 1.165) is 64.3 Å². The van der Waals surface area contributed by atoms with E-state index >= 15 is 0 Å². The van der Waals surface area contributed by atoms with E-state index in [9.17, 15) is 19.8 Å². The SMILES string of the molecule is Cc1ncsc1-c1ccc([C@H](C)NC(=O)[C@@H]2C[C@@H](O)CN2C(=O)[C@@H](c2cc(-c3cnc(N4CC[C@@H](c5sc6nnc(-c7ccccc7O)cc6c5C5CC5)C4)nc3)no2)C(C)C)cc1. The molecule has 1 aliphatic carbocycles. The van der Waals surface area contributed by atoms with Crippen LogP contribution in [0.4, 0.5) is 5.95 Å². The Morgan fingerprint density at radius 3 is 2.41 bits per heavy atom. The van der Waals surface area contributed by atoms with Gasteiger partial charge in [-0.25, -0.2) is 15.0 Å². The van der Waals surface area contributed by atoms with Gasteiger partial charge in [0.2, 0.25) is 17.8 Å². The van der Waals surface area contributed by atoms with Crippen LogP contribution in [-0.4, -0.2) is 89.0 Å². The minimum atomic E-state index is -0.838. The number of phenolic OH excluding ortho intramolecular Hbond substituents is 1. The molecule has 3 fully saturated rings. The highest BCUT2D eigenvalue weighted by Gasteiger charge is 2.44. The van der Waals surface area contributed by atoms with E-state index in [-0.39, 0.29) is 42.5 Å². The smallest absolute Gasteiger partial charge is 0.243 e. The number of β-amino-alcohol motifs (C(OH)–C–C–N with tert-alkyl or cyclic N) is 1. The summed E-state index contributed by atoms with van der Waals surface area (Å²) in [6.07, 6.45) is 6.07. The van der Waals surface area contributed by atoms with Crippen molar-refractivity contribution >= 4 is 50.7 Å². The van der Waals surface area contributed by atoms with Crippen molar-refractivity contribution in [2.45, 2.75) is 89.3 Å².